The lowest BCUT2D eigenvalue weighted by atomic mass is 9.99. The Hall–Kier alpha value is -2.02. The van der Waals surface area contributed by atoms with E-state index in [1.54, 1.807) is 6.92 Å². The molecule has 0 bridgehead atoms. The first-order chi connectivity index (χ1) is 10.5. The first-order valence-electron chi connectivity index (χ1n) is 7.25. The number of hydrogen-bond donors (Lipinski definition) is 3. The van der Waals surface area contributed by atoms with Crippen LogP contribution in [0.5, 0.6) is 0 Å². The molecule has 2 aromatic rings. The molecule has 4 N–H and O–H groups in total. The summed E-state index contributed by atoms with van der Waals surface area (Å²) in [6, 6.07) is 7.97. The number of aromatic nitrogens is 3. The van der Waals surface area contributed by atoms with Gasteiger partial charge in [-0.1, -0.05) is 37.7 Å². The second kappa shape index (κ2) is 7.31. The predicted molar refractivity (Wildman–Crippen MR) is 89.9 cm³/mol. The number of carbonyl (C=O) groups is 1. The van der Waals surface area contributed by atoms with E-state index < -0.39 is 0 Å². The minimum Gasteiger partial charge on any atom is -0.368 e. The third-order valence-electron chi connectivity index (χ3n) is 3.49. The van der Waals surface area contributed by atoms with Crippen molar-refractivity contribution >= 4 is 29.3 Å². The van der Waals surface area contributed by atoms with Crippen molar-refractivity contribution in [3.63, 3.8) is 0 Å². The average molecular weight is 319 g/mol. The molecule has 1 aromatic carbocycles. The highest BCUT2D eigenvalue weighted by molar-refractivity contribution is 8.00. The number of amides is 1. The van der Waals surface area contributed by atoms with E-state index in [-0.39, 0.29) is 17.1 Å². The maximum atomic E-state index is 12.2. The van der Waals surface area contributed by atoms with E-state index in [0.29, 0.717) is 11.1 Å². The first-order valence-corrected chi connectivity index (χ1v) is 8.13. The van der Waals surface area contributed by atoms with Gasteiger partial charge in [-0.25, -0.2) is 5.10 Å². The number of nitrogen functional groups attached to an aromatic ring is 1. The van der Waals surface area contributed by atoms with Gasteiger partial charge < -0.3 is 11.1 Å². The Morgan fingerprint density at radius 3 is 2.59 bits per heavy atom. The van der Waals surface area contributed by atoms with E-state index in [4.69, 9.17) is 5.73 Å². The SMILES string of the molecule is CCC(C)c1ccc(NC(=O)C(C)Sc2n[nH]c(N)n2)cc1. The van der Waals surface area contributed by atoms with Crippen molar-refractivity contribution in [1.82, 2.24) is 15.2 Å². The van der Waals surface area contributed by atoms with Crippen LogP contribution in [0.25, 0.3) is 0 Å². The minimum absolute atomic E-state index is 0.0929. The Morgan fingerprint density at radius 1 is 1.36 bits per heavy atom. The highest BCUT2D eigenvalue weighted by atomic mass is 32.2. The van der Waals surface area contributed by atoms with Gasteiger partial charge in [-0.05, 0) is 37.0 Å². The van der Waals surface area contributed by atoms with E-state index in [1.807, 2.05) is 12.1 Å². The Morgan fingerprint density at radius 2 is 2.05 bits per heavy atom. The smallest absolute Gasteiger partial charge is 0.237 e. The lowest BCUT2D eigenvalue weighted by Gasteiger charge is -2.12. The molecule has 0 fully saturated rings. The molecule has 0 saturated heterocycles. The standard InChI is InChI=1S/C15H21N5OS/c1-4-9(2)11-5-7-12(8-6-11)17-13(21)10(3)22-15-18-14(16)19-20-15/h5-10H,4H2,1-3H3,(H,17,21)(H3,16,18,19,20). The van der Waals surface area contributed by atoms with E-state index in [0.717, 1.165) is 12.1 Å². The molecule has 0 radical (unpaired) electrons. The van der Waals surface area contributed by atoms with Gasteiger partial charge in [0, 0.05) is 5.69 Å². The Balaban J connectivity index is 1.93. The third-order valence-corrected chi connectivity index (χ3v) is 4.45. The van der Waals surface area contributed by atoms with Gasteiger partial charge in [0.2, 0.25) is 17.0 Å². The molecule has 1 heterocycles. The Bertz CT molecular complexity index is 625. The second-order valence-corrected chi connectivity index (χ2v) is 6.49. The fourth-order valence-corrected chi connectivity index (χ4v) is 2.63. The van der Waals surface area contributed by atoms with Crippen LogP contribution in [0.15, 0.2) is 29.4 Å². The van der Waals surface area contributed by atoms with Crippen LogP contribution in [0.4, 0.5) is 11.6 Å². The topological polar surface area (TPSA) is 96.7 Å². The molecule has 2 atom stereocenters. The average Bonchev–Trinajstić information content (AvgIpc) is 2.92. The molecular formula is C15H21N5OS. The van der Waals surface area contributed by atoms with Crippen molar-refractivity contribution in [3.8, 4) is 0 Å². The van der Waals surface area contributed by atoms with Gasteiger partial charge in [-0.15, -0.1) is 5.10 Å². The van der Waals surface area contributed by atoms with Crippen LogP contribution in [0.2, 0.25) is 0 Å². The molecule has 2 rings (SSSR count). The monoisotopic (exact) mass is 319 g/mol. The fraction of sp³-hybridized carbons (Fsp3) is 0.400. The van der Waals surface area contributed by atoms with Crippen molar-refractivity contribution < 1.29 is 4.79 Å². The van der Waals surface area contributed by atoms with Crippen LogP contribution >= 0.6 is 11.8 Å². The van der Waals surface area contributed by atoms with Crippen LogP contribution in [0, 0.1) is 0 Å². The van der Waals surface area contributed by atoms with Crippen LogP contribution < -0.4 is 11.1 Å². The van der Waals surface area contributed by atoms with Gasteiger partial charge in [0.1, 0.15) is 0 Å². The highest BCUT2D eigenvalue weighted by Gasteiger charge is 2.17. The molecule has 118 valence electrons. The van der Waals surface area contributed by atoms with Gasteiger partial charge in [-0.2, -0.15) is 4.98 Å². The highest BCUT2D eigenvalue weighted by Crippen LogP contribution is 2.23. The number of benzene rings is 1. The van der Waals surface area contributed by atoms with Crippen molar-refractivity contribution in [2.45, 2.75) is 43.5 Å². The molecule has 0 saturated carbocycles. The summed E-state index contributed by atoms with van der Waals surface area (Å²) in [5.74, 6) is 0.677. The molecule has 22 heavy (non-hydrogen) atoms. The summed E-state index contributed by atoms with van der Waals surface area (Å²) < 4.78 is 0. The van der Waals surface area contributed by atoms with Crippen molar-refractivity contribution in [1.29, 1.82) is 0 Å². The van der Waals surface area contributed by atoms with Crippen LogP contribution in [0.1, 0.15) is 38.7 Å². The number of thioether (sulfide) groups is 1. The largest absolute Gasteiger partial charge is 0.368 e. The predicted octanol–water partition coefficient (Wildman–Crippen LogP) is 3.02. The molecular weight excluding hydrogens is 298 g/mol. The summed E-state index contributed by atoms with van der Waals surface area (Å²) in [5, 5.41) is 9.50. The number of nitrogens with one attached hydrogen (secondary N) is 2. The minimum atomic E-state index is -0.315. The lowest BCUT2D eigenvalue weighted by molar-refractivity contribution is -0.115. The van der Waals surface area contributed by atoms with Crippen molar-refractivity contribution in [3.05, 3.63) is 29.8 Å². The van der Waals surface area contributed by atoms with Crippen molar-refractivity contribution in [2.75, 3.05) is 11.1 Å². The number of nitrogens with two attached hydrogens (primary N) is 1. The number of aromatic amines is 1. The van der Waals surface area contributed by atoms with E-state index in [1.165, 1.54) is 17.3 Å². The van der Waals surface area contributed by atoms with Crippen LogP contribution in [-0.2, 0) is 4.79 Å². The van der Waals surface area contributed by atoms with Gasteiger partial charge >= 0.3 is 0 Å². The number of anilines is 2. The quantitative estimate of drug-likeness (QED) is 0.711. The van der Waals surface area contributed by atoms with Crippen molar-refractivity contribution in [2.24, 2.45) is 0 Å². The van der Waals surface area contributed by atoms with Gasteiger partial charge in [0.05, 0.1) is 5.25 Å². The molecule has 0 aliphatic heterocycles. The van der Waals surface area contributed by atoms with E-state index in [9.17, 15) is 4.79 Å². The zero-order valence-electron chi connectivity index (χ0n) is 13.0. The van der Waals surface area contributed by atoms with Gasteiger partial charge in [0.15, 0.2) is 0 Å². The zero-order chi connectivity index (χ0) is 16.1. The Labute approximate surface area is 134 Å². The summed E-state index contributed by atoms with van der Waals surface area (Å²) in [4.78, 5) is 16.1. The number of carbonyl (C=O) groups excluding carboxylic acids is 1. The van der Waals surface area contributed by atoms with E-state index in [2.05, 4.69) is 46.5 Å². The summed E-state index contributed by atoms with van der Waals surface area (Å²) >= 11 is 1.26. The number of nitrogens with zero attached hydrogens (tertiary/aromatic N) is 2. The number of rotatable bonds is 6. The molecule has 7 heteroatoms. The molecule has 0 aliphatic rings. The van der Waals surface area contributed by atoms with Gasteiger partial charge in [-0.3, -0.25) is 4.79 Å². The molecule has 0 spiro atoms. The maximum Gasteiger partial charge on any atom is 0.237 e. The lowest BCUT2D eigenvalue weighted by Crippen LogP contribution is -2.22. The summed E-state index contributed by atoms with van der Waals surface area (Å²) in [6.07, 6.45) is 1.10. The molecule has 0 aliphatic carbocycles. The third kappa shape index (κ3) is 4.24. The maximum absolute atomic E-state index is 12.2. The molecule has 1 aromatic heterocycles. The normalized spacial score (nSPS) is 13.6. The molecule has 6 nitrogen and oxygen atoms in total. The summed E-state index contributed by atoms with van der Waals surface area (Å²) in [5.41, 5.74) is 7.53. The second-order valence-electron chi connectivity index (χ2n) is 5.18. The summed E-state index contributed by atoms with van der Waals surface area (Å²) in [7, 11) is 0. The number of hydrogen-bond acceptors (Lipinski definition) is 5. The van der Waals surface area contributed by atoms with Crippen LogP contribution in [0.3, 0.4) is 0 Å². The zero-order valence-corrected chi connectivity index (χ0v) is 13.8. The molecule has 1 amide bonds. The first kappa shape index (κ1) is 16.4. The fourth-order valence-electron chi connectivity index (χ4n) is 1.90. The van der Waals surface area contributed by atoms with Gasteiger partial charge in [0.25, 0.3) is 0 Å². The van der Waals surface area contributed by atoms with E-state index >= 15 is 0 Å². The molecule has 2 unspecified atom stereocenters. The number of H-pyrrole nitrogens is 1. The Kier molecular flexibility index (Phi) is 5.43. The summed E-state index contributed by atoms with van der Waals surface area (Å²) in [6.45, 7) is 6.16. The van der Waals surface area contributed by atoms with Crippen LogP contribution in [-0.4, -0.2) is 26.3 Å².